The van der Waals surface area contributed by atoms with Crippen LogP contribution < -0.4 is 10.6 Å². The number of nitrogens with one attached hydrogen (secondary N) is 2. The molecule has 1 saturated heterocycles. The summed E-state index contributed by atoms with van der Waals surface area (Å²) in [5.41, 5.74) is 0.848. The summed E-state index contributed by atoms with van der Waals surface area (Å²) >= 11 is 5.43. The minimum atomic E-state index is 0.0364. The Morgan fingerprint density at radius 2 is 1.92 bits per heavy atom. The van der Waals surface area contributed by atoms with Crippen molar-refractivity contribution in [3.8, 4) is 0 Å². The van der Waals surface area contributed by atoms with Crippen molar-refractivity contribution in [2.75, 3.05) is 18.4 Å². The summed E-state index contributed by atoms with van der Waals surface area (Å²) in [5.74, 6) is 0.985. The van der Waals surface area contributed by atoms with Gasteiger partial charge in [0.05, 0.1) is 12.8 Å². The second kappa shape index (κ2) is 7.97. The average Bonchev–Trinajstić information content (AvgIpc) is 3.14. The first-order valence-corrected chi connectivity index (χ1v) is 8.54. The number of benzene rings is 1. The van der Waals surface area contributed by atoms with Gasteiger partial charge in [-0.2, -0.15) is 0 Å². The highest BCUT2D eigenvalue weighted by atomic mass is 32.1. The van der Waals surface area contributed by atoms with Crippen LogP contribution in [0.25, 0.3) is 0 Å². The van der Waals surface area contributed by atoms with Crippen molar-refractivity contribution in [2.45, 2.75) is 19.4 Å². The lowest BCUT2D eigenvalue weighted by atomic mass is 9.96. The summed E-state index contributed by atoms with van der Waals surface area (Å²) in [7, 11) is 0. The van der Waals surface area contributed by atoms with E-state index in [-0.39, 0.29) is 11.8 Å². The van der Waals surface area contributed by atoms with Gasteiger partial charge in [0.2, 0.25) is 5.91 Å². The van der Waals surface area contributed by atoms with E-state index in [2.05, 4.69) is 15.5 Å². The van der Waals surface area contributed by atoms with Crippen LogP contribution >= 0.6 is 12.2 Å². The van der Waals surface area contributed by atoms with E-state index in [1.54, 1.807) is 6.26 Å². The van der Waals surface area contributed by atoms with Crippen molar-refractivity contribution < 1.29 is 9.21 Å². The molecule has 2 aromatic rings. The highest BCUT2D eigenvalue weighted by Crippen LogP contribution is 2.19. The van der Waals surface area contributed by atoms with Crippen molar-refractivity contribution in [2.24, 2.45) is 5.92 Å². The van der Waals surface area contributed by atoms with Gasteiger partial charge in [0.15, 0.2) is 5.11 Å². The topological polar surface area (TPSA) is 57.5 Å². The predicted octanol–water partition coefficient (Wildman–Crippen LogP) is 3.00. The lowest BCUT2D eigenvalue weighted by Crippen LogP contribution is -2.45. The van der Waals surface area contributed by atoms with E-state index in [4.69, 9.17) is 16.6 Å². The maximum absolute atomic E-state index is 12.3. The van der Waals surface area contributed by atoms with Crippen molar-refractivity contribution in [3.63, 3.8) is 0 Å². The highest BCUT2D eigenvalue weighted by Gasteiger charge is 2.26. The highest BCUT2D eigenvalue weighted by molar-refractivity contribution is 7.80. The zero-order chi connectivity index (χ0) is 16.8. The molecule has 1 aliphatic heterocycles. The maximum atomic E-state index is 12.3. The summed E-state index contributed by atoms with van der Waals surface area (Å²) < 4.78 is 5.28. The van der Waals surface area contributed by atoms with Gasteiger partial charge in [-0.15, -0.1) is 0 Å². The normalized spacial score (nSPS) is 15.1. The maximum Gasteiger partial charge on any atom is 0.227 e. The number of carbonyl (C=O) groups excluding carboxylic acids is 1. The minimum absolute atomic E-state index is 0.0364. The first-order chi connectivity index (χ1) is 11.7. The molecule has 1 aromatic carbocycles. The number of likely N-dealkylation sites (tertiary alicyclic amines) is 1. The Hall–Kier alpha value is -2.34. The van der Waals surface area contributed by atoms with Crippen molar-refractivity contribution in [3.05, 3.63) is 54.5 Å². The molecule has 0 radical (unpaired) electrons. The van der Waals surface area contributed by atoms with Gasteiger partial charge in [0, 0.05) is 24.7 Å². The Balaban J connectivity index is 1.43. The number of amides is 1. The molecule has 1 aliphatic rings. The van der Waals surface area contributed by atoms with E-state index >= 15 is 0 Å². The molecule has 1 fully saturated rings. The number of hydrogen-bond donors (Lipinski definition) is 2. The van der Waals surface area contributed by atoms with Crippen LogP contribution in [0.15, 0.2) is 53.1 Å². The fourth-order valence-corrected chi connectivity index (χ4v) is 3.05. The number of hydrogen-bond acceptors (Lipinski definition) is 3. The molecule has 0 atom stereocenters. The number of furan rings is 1. The van der Waals surface area contributed by atoms with Crippen LogP contribution in [-0.2, 0) is 11.3 Å². The number of thiocarbonyl (C=S) groups is 1. The molecule has 6 heteroatoms. The number of para-hydroxylation sites is 1. The van der Waals surface area contributed by atoms with E-state index in [9.17, 15) is 4.79 Å². The van der Waals surface area contributed by atoms with Crippen LogP contribution in [-0.4, -0.2) is 29.0 Å². The number of nitrogens with zero attached hydrogens (tertiary/aromatic N) is 1. The van der Waals surface area contributed by atoms with E-state index < -0.39 is 0 Å². The molecule has 1 aromatic heterocycles. The Labute approximate surface area is 147 Å². The Morgan fingerprint density at radius 3 is 2.58 bits per heavy atom. The molecule has 0 unspecified atom stereocenters. The van der Waals surface area contributed by atoms with Gasteiger partial charge in [-0.3, -0.25) is 4.79 Å². The summed E-state index contributed by atoms with van der Waals surface area (Å²) in [6, 6.07) is 13.3. The van der Waals surface area contributed by atoms with Gasteiger partial charge >= 0.3 is 0 Å². The van der Waals surface area contributed by atoms with Gasteiger partial charge in [-0.1, -0.05) is 18.2 Å². The molecular weight excluding hydrogens is 322 g/mol. The third kappa shape index (κ3) is 4.35. The lowest BCUT2D eigenvalue weighted by molar-refractivity contribution is -0.120. The summed E-state index contributed by atoms with van der Waals surface area (Å²) in [4.78, 5) is 14.5. The van der Waals surface area contributed by atoms with Crippen molar-refractivity contribution in [1.82, 2.24) is 10.2 Å². The molecule has 5 nitrogen and oxygen atoms in total. The smallest absolute Gasteiger partial charge is 0.227 e. The van der Waals surface area contributed by atoms with E-state index in [0.717, 1.165) is 37.4 Å². The van der Waals surface area contributed by atoms with Crippen LogP contribution in [0.1, 0.15) is 18.6 Å². The second-order valence-corrected chi connectivity index (χ2v) is 6.24. The van der Waals surface area contributed by atoms with Gasteiger partial charge in [0.1, 0.15) is 5.76 Å². The molecule has 1 amide bonds. The zero-order valence-corrected chi connectivity index (χ0v) is 14.2. The molecule has 126 valence electrons. The predicted molar refractivity (Wildman–Crippen MR) is 97.5 cm³/mol. The summed E-state index contributed by atoms with van der Waals surface area (Å²) in [5, 5.41) is 6.90. The Morgan fingerprint density at radius 1 is 1.17 bits per heavy atom. The number of anilines is 1. The standard InChI is InChI=1S/C18H21N3O2S/c22-17(20-15-5-2-1-3-6-15)14-8-10-21(11-9-14)18(24)19-13-16-7-4-12-23-16/h1-7,12,14H,8-11,13H2,(H,19,24)(H,20,22). The first kappa shape index (κ1) is 16.5. The van der Waals surface area contributed by atoms with Crippen LogP contribution in [0.2, 0.25) is 0 Å². The molecule has 0 spiro atoms. The molecule has 0 aliphatic carbocycles. The van der Waals surface area contributed by atoms with E-state index in [0.29, 0.717) is 11.7 Å². The second-order valence-electron chi connectivity index (χ2n) is 5.85. The monoisotopic (exact) mass is 343 g/mol. The number of piperidine rings is 1. The number of rotatable bonds is 4. The first-order valence-electron chi connectivity index (χ1n) is 8.13. The summed E-state index contributed by atoms with van der Waals surface area (Å²) in [6.45, 7) is 2.16. The minimum Gasteiger partial charge on any atom is -0.467 e. The molecule has 0 saturated carbocycles. The van der Waals surface area contributed by atoms with E-state index in [1.165, 1.54) is 0 Å². The molecular formula is C18H21N3O2S. The fraction of sp³-hybridized carbons (Fsp3) is 0.333. The fourth-order valence-electron chi connectivity index (χ4n) is 2.80. The van der Waals surface area contributed by atoms with Crippen LogP contribution in [0.5, 0.6) is 0 Å². The summed E-state index contributed by atoms with van der Waals surface area (Å²) in [6.07, 6.45) is 3.26. The Bertz CT molecular complexity index is 665. The van der Waals surface area contributed by atoms with Gasteiger partial charge in [0.25, 0.3) is 0 Å². The van der Waals surface area contributed by atoms with Gasteiger partial charge in [-0.05, 0) is 49.3 Å². The third-order valence-corrected chi connectivity index (χ3v) is 4.59. The van der Waals surface area contributed by atoms with E-state index in [1.807, 2.05) is 42.5 Å². The van der Waals surface area contributed by atoms with Crippen molar-refractivity contribution in [1.29, 1.82) is 0 Å². The lowest BCUT2D eigenvalue weighted by Gasteiger charge is -2.33. The zero-order valence-electron chi connectivity index (χ0n) is 13.4. The molecule has 3 rings (SSSR count). The molecule has 2 N–H and O–H groups in total. The van der Waals surface area contributed by atoms with Gasteiger partial charge in [-0.25, -0.2) is 0 Å². The molecule has 24 heavy (non-hydrogen) atoms. The van der Waals surface area contributed by atoms with Crippen molar-refractivity contribution >= 4 is 28.9 Å². The molecule has 2 heterocycles. The largest absolute Gasteiger partial charge is 0.467 e. The number of carbonyl (C=O) groups is 1. The van der Waals surface area contributed by atoms with Crippen LogP contribution in [0.3, 0.4) is 0 Å². The molecule has 0 bridgehead atoms. The van der Waals surface area contributed by atoms with Crippen LogP contribution in [0.4, 0.5) is 5.69 Å². The van der Waals surface area contributed by atoms with Crippen LogP contribution in [0, 0.1) is 5.92 Å². The third-order valence-electron chi connectivity index (χ3n) is 4.19. The van der Waals surface area contributed by atoms with Gasteiger partial charge < -0.3 is 20.0 Å². The quantitative estimate of drug-likeness (QED) is 0.836. The SMILES string of the molecule is O=C(Nc1ccccc1)C1CCN(C(=S)NCc2ccco2)CC1. The average molecular weight is 343 g/mol. The Kier molecular flexibility index (Phi) is 5.48.